The Balaban J connectivity index is 2.16. The fourth-order valence-electron chi connectivity index (χ4n) is 4.19. The normalized spacial score (nSPS) is 27.3. The molecule has 124 valence electrons. The lowest BCUT2D eigenvalue weighted by atomic mass is 9.57. The molecule has 2 aliphatic carbocycles. The highest BCUT2D eigenvalue weighted by atomic mass is 32.1. The molecular weight excluding hydrogens is 290 g/mol. The van der Waals surface area contributed by atoms with Crippen LogP contribution in [0.5, 0.6) is 0 Å². The molecule has 0 bridgehead atoms. The standard InChI is InChI=1S/C18H31N3S/c1-12(20-21-16(19)22)9-14-10-13-7-6-8-17(2,3)15(13)11-18(14,4)5/h14H,6-11H2,1-5H3,(H3,19,21,22)/b20-12+/t14-/m0/s1. The van der Waals surface area contributed by atoms with E-state index in [9.17, 15) is 0 Å². The first-order valence-electron chi connectivity index (χ1n) is 8.42. The van der Waals surface area contributed by atoms with Crippen molar-refractivity contribution in [3.8, 4) is 0 Å². The molecule has 0 spiro atoms. The van der Waals surface area contributed by atoms with E-state index < -0.39 is 0 Å². The molecule has 0 saturated carbocycles. The Kier molecular flexibility index (Phi) is 5.00. The van der Waals surface area contributed by atoms with Crippen LogP contribution in [-0.2, 0) is 0 Å². The van der Waals surface area contributed by atoms with E-state index in [0.717, 1.165) is 12.1 Å². The predicted octanol–water partition coefficient (Wildman–Crippen LogP) is 4.53. The zero-order valence-corrected chi connectivity index (χ0v) is 15.6. The van der Waals surface area contributed by atoms with Gasteiger partial charge in [0, 0.05) is 5.71 Å². The Bertz CT molecular complexity index is 514. The smallest absolute Gasteiger partial charge is 0.184 e. The Hall–Kier alpha value is -0.900. The molecule has 0 saturated heterocycles. The number of thiocarbonyl (C=S) groups is 1. The summed E-state index contributed by atoms with van der Waals surface area (Å²) in [5, 5.41) is 4.54. The molecular formula is C18H31N3S. The van der Waals surface area contributed by atoms with E-state index in [1.54, 1.807) is 11.1 Å². The van der Waals surface area contributed by atoms with Crippen LogP contribution in [0.3, 0.4) is 0 Å². The van der Waals surface area contributed by atoms with Crippen LogP contribution in [0.2, 0.25) is 0 Å². The second-order valence-electron chi connectivity index (χ2n) is 8.41. The summed E-state index contributed by atoms with van der Waals surface area (Å²) in [6.07, 6.45) is 7.45. The van der Waals surface area contributed by atoms with Crippen LogP contribution >= 0.6 is 12.2 Å². The van der Waals surface area contributed by atoms with Gasteiger partial charge in [-0.3, -0.25) is 5.43 Å². The number of hydrogen-bond donors (Lipinski definition) is 2. The highest BCUT2D eigenvalue weighted by Gasteiger charge is 2.41. The van der Waals surface area contributed by atoms with Crippen molar-refractivity contribution in [3.05, 3.63) is 11.1 Å². The molecule has 0 unspecified atom stereocenters. The molecule has 0 aliphatic heterocycles. The molecule has 22 heavy (non-hydrogen) atoms. The van der Waals surface area contributed by atoms with E-state index in [-0.39, 0.29) is 5.11 Å². The molecule has 0 fully saturated rings. The van der Waals surface area contributed by atoms with Crippen molar-refractivity contribution in [2.75, 3.05) is 0 Å². The highest BCUT2D eigenvalue weighted by molar-refractivity contribution is 7.80. The van der Waals surface area contributed by atoms with E-state index in [1.165, 1.54) is 32.1 Å². The van der Waals surface area contributed by atoms with Gasteiger partial charge in [-0.05, 0) is 74.4 Å². The van der Waals surface area contributed by atoms with Gasteiger partial charge in [-0.25, -0.2) is 0 Å². The lowest BCUT2D eigenvalue weighted by molar-refractivity contribution is 0.166. The van der Waals surface area contributed by atoms with E-state index in [0.29, 0.717) is 16.7 Å². The molecule has 0 aromatic carbocycles. The first-order valence-corrected chi connectivity index (χ1v) is 8.82. The van der Waals surface area contributed by atoms with Crippen molar-refractivity contribution < 1.29 is 0 Å². The number of hydrogen-bond acceptors (Lipinski definition) is 2. The van der Waals surface area contributed by atoms with Crippen molar-refractivity contribution in [2.24, 2.45) is 27.6 Å². The van der Waals surface area contributed by atoms with Crippen LogP contribution in [0, 0.1) is 16.7 Å². The van der Waals surface area contributed by atoms with Crippen molar-refractivity contribution in [1.82, 2.24) is 5.43 Å². The van der Waals surface area contributed by atoms with Crippen LogP contribution in [-0.4, -0.2) is 10.8 Å². The molecule has 4 heteroatoms. The number of nitrogens with two attached hydrogens (primary N) is 1. The summed E-state index contributed by atoms with van der Waals surface area (Å²) in [6, 6.07) is 0. The molecule has 2 aliphatic rings. The molecule has 0 aromatic rings. The van der Waals surface area contributed by atoms with Gasteiger partial charge < -0.3 is 5.73 Å². The maximum Gasteiger partial charge on any atom is 0.184 e. The third kappa shape index (κ3) is 3.89. The number of nitrogens with zero attached hydrogens (tertiary/aromatic N) is 1. The number of rotatable bonds is 3. The summed E-state index contributed by atoms with van der Waals surface area (Å²) in [6.45, 7) is 11.8. The average molecular weight is 322 g/mol. The molecule has 0 amide bonds. The minimum atomic E-state index is 0.237. The Morgan fingerprint density at radius 3 is 2.68 bits per heavy atom. The Labute approximate surface area is 140 Å². The Morgan fingerprint density at radius 2 is 2.05 bits per heavy atom. The summed E-state index contributed by atoms with van der Waals surface area (Å²) < 4.78 is 0. The van der Waals surface area contributed by atoms with Crippen molar-refractivity contribution in [3.63, 3.8) is 0 Å². The fraction of sp³-hybridized carbons (Fsp3) is 0.778. The van der Waals surface area contributed by atoms with Gasteiger partial charge in [0.2, 0.25) is 0 Å². The van der Waals surface area contributed by atoms with Gasteiger partial charge in [-0.2, -0.15) is 5.10 Å². The third-order valence-corrected chi connectivity index (χ3v) is 5.74. The van der Waals surface area contributed by atoms with Gasteiger partial charge >= 0.3 is 0 Å². The van der Waals surface area contributed by atoms with Crippen LogP contribution in [0.1, 0.15) is 73.1 Å². The SMILES string of the molecule is C/C(C[C@H]1CC2=C(CC1(C)C)C(C)(C)CCC2)=N\NC(N)=S. The maximum atomic E-state index is 5.45. The van der Waals surface area contributed by atoms with Crippen LogP contribution in [0.15, 0.2) is 16.2 Å². The number of nitrogens with one attached hydrogen (secondary N) is 1. The summed E-state index contributed by atoms with van der Waals surface area (Å²) in [7, 11) is 0. The van der Waals surface area contributed by atoms with E-state index in [4.69, 9.17) is 18.0 Å². The summed E-state index contributed by atoms with van der Waals surface area (Å²) >= 11 is 4.82. The quantitative estimate of drug-likeness (QED) is 0.347. The second kappa shape index (κ2) is 6.31. The molecule has 1 atom stereocenters. The topological polar surface area (TPSA) is 50.4 Å². The average Bonchev–Trinajstić information content (AvgIpc) is 2.38. The third-order valence-electron chi connectivity index (χ3n) is 5.65. The van der Waals surface area contributed by atoms with Crippen LogP contribution in [0.25, 0.3) is 0 Å². The van der Waals surface area contributed by atoms with Crippen molar-refractivity contribution >= 4 is 23.0 Å². The van der Waals surface area contributed by atoms with Gasteiger partial charge in [-0.1, -0.05) is 38.8 Å². The molecule has 2 rings (SSSR count). The van der Waals surface area contributed by atoms with E-state index in [1.807, 2.05) is 0 Å². The minimum absolute atomic E-state index is 0.237. The number of hydrazone groups is 1. The van der Waals surface area contributed by atoms with E-state index in [2.05, 4.69) is 45.1 Å². The molecule has 0 heterocycles. The zero-order chi connectivity index (χ0) is 16.5. The zero-order valence-electron chi connectivity index (χ0n) is 14.8. The summed E-state index contributed by atoms with van der Waals surface area (Å²) in [4.78, 5) is 0. The van der Waals surface area contributed by atoms with Gasteiger partial charge in [-0.15, -0.1) is 0 Å². The van der Waals surface area contributed by atoms with E-state index >= 15 is 0 Å². The van der Waals surface area contributed by atoms with Crippen molar-refractivity contribution in [1.29, 1.82) is 0 Å². The highest BCUT2D eigenvalue weighted by Crippen LogP contribution is 2.54. The summed E-state index contributed by atoms with van der Waals surface area (Å²) in [5.74, 6) is 0.650. The fourth-order valence-corrected chi connectivity index (χ4v) is 4.23. The van der Waals surface area contributed by atoms with Gasteiger partial charge in [0.05, 0.1) is 0 Å². The summed E-state index contributed by atoms with van der Waals surface area (Å²) in [5.41, 5.74) is 13.5. The largest absolute Gasteiger partial charge is 0.375 e. The molecule has 0 radical (unpaired) electrons. The van der Waals surface area contributed by atoms with Crippen LogP contribution in [0.4, 0.5) is 0 Å². The molecule has 0 aromatic heterocycles. The predicted molar refractivity (Wildman–Crippen MR) is 98.8 cm³/mol. The van der Waals surface area contributed by atoms with Gasteiger partial charge in [0.25, 0.3) is 0 Å². The lowest BCUT2D eigenvalue weighted by Gasteiger charge is -2.47. The second-order valence-corrected chi connectivity index (χ2v) is 8.85. The van der Waals surface area contributed by atoms with Gasteiger partial charge in [0.15, 0.2) is 5.11 Å². The van der Waals surface area contributed by atoms with Crippen LogP contribution < -0.4 is 11.2 Å². The first-order chi connectivity index (χ1) is 10.1. The monoisotopic (exact) mass is 321 g/mol. The van der Waals surface area contributed by atoms with Gasteiger partial charge in [0.1, 0.15) is 0 Å². The molecule has 3 nitrogen and oxygen atoms in total. The maximum absolute atomic E-state index is 5.45. The van der Waals surface area contributed by atoms with Crippen molar-refractivity contribution in [2.45, 2.75) is 73.1 Å². The molecule has 3 N–H and O–H groups in total. The first kappa shape index (κ1) is 17.5. The minimum Gasteiger partial charge on any atom is -0.375 e. The Morgan fingerprint density at radius 1 is 1.36 bits per heavy atom. The lowest BCUT2D eigenvalue weighted by Crippen LogP contribution is -2.36. The number of allylic oxidation sites excluding steroid dienone is 2.